The molecule has 2 atom stereocenters. The van der Waals surface area contributed by atoms with Crippen molar-refractivity contribution < 1.29 is 19.4 Å². The van der Waals surface area contributed by atoms with Crippen molar-refractivity contribution in [3.63, 3.8) is 0 Å². The Labute approximate surface area is 209 Å². The standard InChI is InChI=1S/C28H38ClNO4/c1-27(2,3)34-26(31)30-18-9-10-22(20-30)28(32,17-7-8-19-33-4)25-12-6-5-11-24(25)21-13-15-23(29)16-14-21/h5-6,11-16,22,32H,7-10,17-20H2,1-4H3/t22-,28+/m1/s1. The number of piperidine rings is 1. The van der Waals surface area contributed by atoms with E-state index in [4.69, 9.17) is 21.1 Å². The van der Waals surface area contributed by atoms with Crippen LogP contribution in [0.2, 0.25) is 5.02 Å². The summed E-state index contributed by atoms with van der Waals surface area (Å²) in [5, 5.41) is 13.1. The molecular formula is C28H38ClNO4. The Balaban J connectivity index is 1.95. The van der Waals surface area contributed by atoms with Crippen molar-refractivity contribution in [3.05, 3.63) is 59.1 Å². The van der Waals surface area contributed by atoms with E-state index in [0.29, 0.717) is 31.1 Å². The summed E-state index contributed by atoms with van der Waals surface area (Å²) in [6, 6.07) is 15.8. The van der Waals surface area contributed by atoms with E-state index in [1.807, 2.05) is 69.3 Å². The van der Waals surface area contributed by atoms with Crippen LogP contribution in [0.1, 0.15) is 58.4 Å². The van der Waals surface area contributed by atoms with Crippen LogP contribution >= 0.6 is 11.6 Å². The van der Waals surface area contributed by atoms with Crippen molar-refractivity contribution in [2.24, 2.45) is 5.92 Å². The monoisotopic (exact) mass is 487 g/mol. The number of aliphatic hydroxyl groups is 1. The first kappa shape index (κ1) is 26.5. The maximum absolute atomic E-state index is 12.8. The quantitative estimate of drug-likeness (QED) is 0.423. The van der Waals surface area contributed by atoms with Gasteiger partial charge in [0.1, 0.15) is 5.60 Å². The summed E-state index contributed by atoms with van der Waals surface area (Å²) in [4.78, 5) is 14.6. The van der Waals surface area contributed by atoms with Gasteiger partial charge in [0.05, 0.1) is 5.60 Å². The van der Waals surface area contributed by atoms with Crippen LogP contribution in [0.3, 0.4) is 0 Å². The van der Waals surface area contributed by atoms with Crippen LogP contribution < -0.4 is 0 Å². The van der Waals surface area contributed by atoms with Crippen LogP contribution in [0.25, 0.3) is 11.1 Å². The number of nitrogens with zero attached hydrogens (tertiary/aromatic N) is 1. The number of likely N-dealkylation sites (tertiary alicyclic amines) is 1. The first-order valence-electron chi connectivity index (χ1n) is 12.2. The van der Waals surface area contributed by atoms with E-state index in [9.17, 15) is 9.90 Å². The third-order valence-corrected chi connectivity index (χ3v) is 6.71. The van der Waals surface area contributed by atoms with Gasteiger partial charge in [0.25, 0.3) is 0 Å². The van der Waals surface area contributed by atoms with Crippen LogP contribution in [0.5, 0.6) is 0 Å². The third kappa shape index (κ3) is 6.74. The number of carbonyl (C=O) groups is 1. The SMILES string of the molecule is COCCCC[C@@](O)(c1ccccc1-c1ccc(Cl)cc1)[C@@H]1CCCN(C(=O)OC(C)(C)C)C1. The highest BCUT2D eigenvalue weighted by atomic mass is 35.5. The largest absolute Gasteiger partial charge is 0.444 e. The normalized spacial score (nSPS) is 18.4. The molecule has 1 aliphatic heterocycles. The lowest BCUT2D eigenvalue weighted by Gasteiger charge is -2.43. The van der Waals surface area contributed by atoms with E-state index in [-0.39, 0.29) is 12.0 Å². The van der Waals surface area contributed by atoms with Gasteiger partial charge in [-0.15, -0.1) is 0 Å². The number of amides is 1. The number of methoxy groups -OCH3 is 1. The van der Waals surface area contributed by atoms with Gasteiger partial charge in [-0.1, -0.05) is 48.0 Å². The maximum Gasteiger partial charge on any atom is 0.410 e. The molecule has 0 saturated carbocycles. The van der Waals surface area contributed by atoms with Crippen LogP contribution in [0.4, 0.5) is 4.79 Å². The molecule has 1 aliphatic rings. The molecule has 0 aliphatic carbocycles. The smallest absolute Gasteiger partial charge is 0.410 e. The Kier molecular flexibility index (Phi) is 9.02. The summed E-state index contributed by atoms with van der Waals surface area (Å²) in [6.07, 6.45) is 3.63. The number of carbonyl (C=O) groups excluding carboxylic acids is 1. The van der Waals surface area contributed by atoms with Gasteiger partial charge in [-0.3, -0.25) is 0 Å². The van der Waals surface area contributed by atoms with Crippen molar-refractivity contribution in [3.8, 4) is 11.1 Å². The first-order valence-corrected chi connectivity index (χ1v) is 12.6. The molecule has 0 unspecified atom stereocenters. The number of unbranched alkanes of at least 4 members (excludes halogenated alkanes) is 1. The summed E-state index contributed by atoms with van der Waals surface area (Å²) < 4.78 is 10.9. The number of hydrogen-bond donors (Lipinski definition) is 1. The van der Waals surface area contributed by atoms with Crippen molar-refractivity contribution >= 4 is 17.7 Å². The molecule has 1 fully saturated rings. The summed E-state index contributed by atoms with van der Waals surface area (Å²) in [5.74, 6) is -0.107. The summed E-state index contributed by atoms with van der Waals surface area (Å²) in [6.45, 7) is 7.39. The van der Waals surface area contributed by atoms with Gasteiger partial charge in [-0.25, -0.2) is 4.79 Å². The summed E-state index contributed by atoms with van der Waals surface area (Å²) in [7, 11) is 1.70. The van der Waals surface area contributed by atoms with Gasteiger partial charge in [0, 0.05) is 37.7 Å². The minimum atomic E-state index is -1.09. The van der Waals surface area contributed by atoms with Crippen molar-refractivity contribution in [1.29, 1.82) is 0 Å². The number of hydrogen-bond acceptors (Lipinski definition) is 4. The van der Waals surface area contributed by atoms with Crippen LogP contribution in [0, 0.1) is 5.92 Å². The Morgan fingerprint density at radius 1 is 1.12 bits per heavy atom. The Hall–Kier alpha value is -2.08. The van der Waals surface area contributed by atoms with Gasteiger partial charge in [0.15, 0.2) is 0 Å². The average molecular weight is 488 g/mol. The van der Waals surface area contributed by atoms with Gasteiger partial charge >= 0.3 is 6.09 Å². The van der Waals surface area contributed by atoms with Crippen molar-refractivity contribution in [2.45, 2.75) is 64.1 Å². The zero-order valence-corrected chi connectivity index (χ0v) is 21.6. The zero-order chi connectivity index (χ0) is 24.8. The fraction of sp³-hybridized carbons (Fsp3) is 0.536. The van der Waals surface area contributed by atoms with E-state index < -0.39 is 11.2 Å². The predicted octanol–water partition coefficient (Wildman–Crippen LogP) is 6.66. The van der Waals surface area contributed by atoms with Crippen molar-refractivity contribution in [1.82, 2.24) is 4.90 Å². The fourth-order valence-corrected chi connectivity index (χ4v) is 4.93. The molecule has 3 rings (SSSR count). The molecule has 1 saturated heterocycles. The summed E-state index contributed by atoms with van der Waals surface area (Å²) >= 11 is 6.13. The van der Waals surface area contributed by atoms with E-state index >= 15 is 0 Å². The molecule has 1 N–H and O–H groups in total. The predicted molar refractivity (Wildman–Crippen MR) is 137 cm³/mol. The molecule has 5 nitrogen and oxygen atoms in total. The van der Waals surface area contributed by atoms with E-state index in [2.05, 4.69) is 0 Å². The Morgan fingerprint density at radius 3 is 2.50 bits per heavy atom. The minimum absolute atomic E-state index is 0.107. The lowest BCUT2D eigenvalue weighted by Crippen LogP contribution is -2.49. The molecule has 1 heterocycles. The molecule has 0 radical (unpaired) electrons. The molecule has 34 heavy (non-hydrogen) atoms. The van der Waals surface area contributed by atoms with Crippen LogP contribution in [0.15, 0.2) is 48.5 Å². The Bertz CT molecular complexity index is 940. The average Bonchev–Trinajstić information content (AvgIpc) is 2.81. The van der Waals surface area contributed by atoms with E-state index in [0.717, 1.165) is 42.4 Å². The topological polar surface area (TPSA) is 59.0 Å². The number of ether oxygens (including phenoxy) is 2. The molecule has 0 spiro atoms. The highest BCUT2D eigenvalue weighted by Gasteiger charge is 2.43. The third-order valence-electron chi connectivity index (χ3n) is 6.45. The number of halogens is 1. The number of benzene rings is 2. The van der Waals surface area contributed by atoms with Gasteiger partial charge < -0.3 is 19.5 Å². The molecule has 186 valence electrons. The van der Waals surface area contributed by atoms with Crippen LogP contribution in [-0.4, -0.2) is 48.5 Å². The lowest BCUT2D eigenvalue weighted by atomic mass is 9.72. The molecule has 2 aromatic rings. The van der Waals surface area contributed by atoms with Crippen molar-refractivity contribution in [2.75, 3.05) is 26.8 Å². The zero-order valence-electron chi connectivity index (χ0n) is 20.9. The minimum Gasteiger partial charge on any atom is -0.444 e. The Morgan fingerprint density at radius 2 is 1.82 bits per heavy atom. The maximum atomic E-state index is 12.8. The molecule has 1 amide bonds. The second kappa shape index (κ2) is 11.6. The second-order valence-corrected chi connectivity index (χ2v) is 10.6. The fourth-order valence-electron chi connectivity index (χ4n) is 4.80. The second-order valence-electron chi connectivity index (χ2n) is 10.2. The van der Waals surface area contributed by atoms with E-state index in [1.165, 1.54) is 0 Å². The van der Waals surface area contributed by atoms with Gasteiger partial charge in [-0.05, 0) is 81.7 Å². The molecule has 6 heteroatoms. The highest BCUT2D eigenvalue weighted by molar-refractivity contribution is 6.30. The molecule has 0 bridgehead atoms. The molecule has 0 aromatic heterocycles. The van der Waals surface area contributed by atoms with Gasteiger partial charge in [-0.2, -0.15) is 0 Å². The highest BCUT2D eigenvalue weighted by Crippen LogP contribution is 2.44. The molecule has 2 aromatic carbocycles. The number of rotatable bonds is 8. The van der Waals surface area contributed by atoms with E-state index in [1.54, 1.807) is 12.0 Å². The first-order chi connectivity index (χ1) is 16.1. The summed E-state index contributed by atoms with van der Waals surface area (Å²) in [5.41, 5.74) is 1.25. The van der Waals surface area contributed by atoms with Crippen LogP contribution in [-0.2, 0) is 15.1 Å². The van der Waals surface area contributed by atoms with Gasteiger partial charge in [0.2, 0.25) is 0 Å². The molecular weight excluding hydrogens is 450 g/mol. The lowest BCUT2D eigenvalue weighted by molar-refractivity contribution is -0.0638.